The summed E-state index contributed by atoms with van der Waals surface area (Å²) >= 11 is 0. The van der Waals surface area contributed by atoms with Crippen LogP contribution in [0.25, 0.3) is 0 Å². The zero-order chi connectivity index (χ0) is 19.1. The lowest BCUT2D eigenvalue weighted by Gasteiger charge is -2.30. The molecule has 1 aliphatic rings. The number of carboxylic acid groups (broad SMARTS) is 1. The van der Waals surface area contributed by atoms with E-state index in [-0.39, 0.29) is 24.4 Å². The van der Waals surface area contributed by atoms with Crippen molar-refractivity contribution in [2.45, 2.75) is 45.3 Å². The molecule has 0 heterocycles. The van der Waals surface area contributed by atoms with Crippen molar-refractivity contribution < 1.29 is 19.5 Å². The predicted octanol–water partition coefficient (Wildman–Crippen LogP) is 1.09. The van der Waals surface area contributed by atoms with E-state index in [2.05, 4.69) is 5.32 Å². The van der Waals surface area contributed by atoms with Crippen molar-refractivity contribution in [3.8, 4) is 0 Å². The van der Waals surface area contributed by atoms with E-state index in [1.165, 1.54) is 6.92 Å². The van der Waals surface area contributed by atoms with Crippen LogP contribution in [0.3, 0.4) is 0 Å². The Kier molecular flexibility index (Phi) is 7.15. The smallest absolute Gasteiger partial charge is 0.320 e. The van der Waals surface area contributed by atoms with Crippen LogP contribution in [0.4, 0.5) is 0 Å². The average molecular weight is 361 g/mol. The van der Waals surface area contributed by atoms with Gasteiger partial charge in [0.05, 0.1) is 6.54 Å². The number of carboxylic acids is 1. The van der Waals surface area contributed by atoms with Crippen molar-refractivity contribution in [1.29, 1.82) is 0 Å². The Labute approximate surface area is 154 Å². The SMILES string of the molecule is CC(=O)NCCN(CC(=O)N(Cc1ccccc1)C1CC1)C(C)C(=O)O. The van der Waals surface area contributed by atoms with Gasteiger partial charge in [-0.25, -0.2) is 0 Å². The lowest BCUT2D eigenvalue weighted by atomic mass is 10.2. The largest absolute Gasteiger partial charge is 0.480 e. The van der Waals surface area contributed by atoms with Crippen molar-refractivity contribution in [3.05, 3.63) is 35.9 Å². The summed E-state index contributed by atoms with van der Waals surface area (Å²) in [6, 6.07) is 9.22. The monoisotopic (exact) mass is 361 g/mol. The molecule has 2 rings (SSSR count). The molecule has 0 bridgehead atoms. The minimum absolute atomic E-state index is 0.0242. The molecule has 1 fully saturated rings. The van der Waals surface area contributed by atoms with Gasteiger partial charge in [0, 0.05) is 32.6 Å². The van der Waals surface area contributed by atoms with Gasteiger partial charge in [-0.05, 0) is 25.3 Å². The van der Waals surface area contributed by atoms with Crippen LogP contribution in [-0.4, -0.2) is 64.4 Å². The van der Waals surface area contributed by atoms with Gasteiger partial charge in [0.2, 0.25) is 11.8 Å². The third-order valence-electron chi connectivity index (χ3n) is 4.52. The van der Waals surface area contributed by atoms with Gasteiger partial charge < -0.3 is 15.3 Å². The van der Waals surface area contributed by atoms with Gasteiger partial charge in [0.15, 0.2) is 0 Å². The van der Waals surface area contributed by atoms with E-state index in [1.807, 2.05) is 35.2 Å². The van der Waals surface area contributed by atoms with Crippen LogP contribution < -0.4 is 5.32 Å². The van der Waals surface area contributed by atoms with Crippen molar-refractivity contribution in [2.24, 2.45) is 0 Å². The first-order valence-corrected chi connectivity index (χ1v) is 8.93. The molecule has 0 radical (unpaired) electrons. The summed E-state index contributed by atoms with van der Waals surface area (Å²) in [6.07, 6.45) is 1.97. The van der Waals surface area contributed by atoms with Gasteiger partial charge in [-0.1, -0.05) is 30.3 Å². The maximum absolute atomic E-state index is 12.9. The Bertz CT molecular complexity index is 631. The van der Waals surface area contributed by atoms with Crippen LogP contribution in [0.5, 0.6) is 0 Å². The second-order valence-electron chi connectivity index (χ2n) is 6.71. The molecular formula is C19H27N3O4. The summed E-state index contributed by atoms with van der Waals surface area (Å²) in [7, 11) is 0. The van der Waals surface area contributed by atoms with E-state index < -0.39 is 12.0 Å². The normalized spacial score (nSPS) is 14.7. The summed E-state index contributed by atoms with van der Waals surface area (Å²) < 4.78 is 0. The second-order valence-corrected chi connectivity index (χ2v) is 6.71. The standard InChI is InChI=1S/C19H27N3O4/c1-14(19(25)26)21(11-10-20-15(2)23)13-18(24)22(17-8-9-17)12-16-6-4-3-5-7-16/h3-7,14,17H,8-13H2,1-2H3,(H,20,23)(H,25,26). The zero-order valence-electron chi connectivity index (χ0n) is 15.4. The lowest BCUT2D eigenvalue weighted by molar-refractivity contribution is -0.144. The van der Waals surface area contributed by atoms with Crippen molar-refractivity contribution in [3.63, 3.8) is 0 Å². The first-order chi connectivity index (χ1) is 12.4. The van der Waals surface area contributed by atoms with Crippen LogP contribution in [0, 0.1) is 0 Å². The summed E-state index contributed by atoms with van der Waals surface area (Å²) in [5.74, 6) is -1.24. The molecule has 0 spiro atoms. The quantitative estimate of drug-likeness (QED) is 0.651. The Hall–Kier alpha value is -2.41. The molecule has 7 heteroatoms. The van der Waals surface area contributed by atoms with Gasteiger partial charge in [-0.3, -0.25) is 19.3 Å². The van der Waals surface area contributed by atoms with E-state index in [0.29, 0.717) is 19.6 Å². The molecule has 0 aromatic heterocycles. The lowest BCUT2D eigenvalue weighted by Crippen LogP contribution is -2.49. The number of carbonyl (C=O) groups excluding carboxylic acids is 2. The number of benzene rings is 1. The molecule has 26 heavy (non-hydrogen) atoms. The average Bonchev–Trinajstić information content (AvgIpc) is 3.43. The summed E-state index contributed by atoms with van der Waals surface area (Å²) in [5.41, 5.74) is 1.06. The molecule has 1 aromatic carbocycles. The fraction of sp³-hybridized carbons (Fsp3) is 0.526. The molecule has 2 amide bonds. The first-order valence-electron chi connectivity index (χ1n) is 8.93. The summed E-state index contributed by atoms with van der Waals surface area (Å²) in [5, 5.41) is 12.0. The third-order valence-corrected chi connectivity index (χ3v) is 4.52. The number of hydrogen-bond donors (Lipinski definition) is 2. The van der Waals surface area contributed by atoms with E-state index >= 15 is 0 Å². The van der Waals surface area contributed by atoms with Crippen LogP contribution >= 0.6 is 0 Å². The van der Waals surface area contributed by atoms with Crippen LogP contribution in [0.1, 0.15) is 32.3 Å². The van der Waals surface area contributed by atoms with Gasteiger partial charge >= 0.3 is 5.97 Å². The highest BCUT2D eigenvalue weighted by Crippen LogP contribution is 2.28. The molecule has 7 nitrogen and oxygen atoms in total. The number of carbonyl (C=O) groups is 3. The molecule has 0 saturated heterocycles. The number of nitrogens with one attached hydrogen (secondary N) is 1. The molecule has 1 saturated carbocycles. The predicted molar refractivity (Wildman–Crippen MR) is 97.4 cm³/mol. The first kappa shape index (κ1) is 19.9. The van der Waals surface area contributed by atoms with Crippen LogP contribution in [0.15, 0.2) is 30.3 Å². The number of aliphatic carboxylic acids is 1. The molecule has 1 unspecified atom stereocenters. The number of hydrogen-bond acceptors (Lipinski definition) is 4. The van der Waals surface area contributed by atoms with Crippen molar-refractivity contribution in [1.82, 2.24) is 15.1 Å². The van der Waals surface area contributed by atoms with Gasteiger partial charge in [0.1, 0.15) is 6.04 Å². The molecule has 2 N–H and O–H groups in total. The van der Waals surface area contributed by atoms with Gasteiger partial charge in [0.25, 0.3) is 0 Å². The highest BCUT2D eigenvalue weighted by Gasteiger charge is 2.34. The Morgan fingerprint density at radius 3 is 2.42 bits per heavy atom. The van der Waals surface area contributed by atoms with Crippen molar-refractivity contribution in [2.75, 3.05) is 19.6 Å². The third kappa shape index (κ3) is 6.15. The summed E-state index contributed by atoms with van der Waals surface area (Å²) in [4.78, 5) is 38.7. The highest BCUT2D eigenvalue weighted by molar-refractivity contribution is 5.80. The Morgan fingerprint density at radius 2 is 1.88 bits per heavy atom. The maximum Gasteiger partial charge on any atom is 0.320 e. The molecule has 1 atom stereocenters. The summed E-state index contributed by atoms with van der Waals surface area (Å²) in [6.45, 7) is 4.14. The second kappa shape index (κ2) is 9.33. The molecule has 1 aromatic rings. The fourth-order valence-electron chi connectivity index (χ4n) is 2.79. The number of amides is 2. The zero-order valence-corrected chi connectivity index (χ0v) is 15.4. The minimum Gasteiger partial charge on any atom is -0.480 e. The topological polar surface area (TPSA) is 90.0 Å². The fourth-order valence-corrected chi connectivity index (χ4v) is 2.79. The van der Waals surface area contributed by atoms with E-state index in [0.717, 1.165) is 18.4 Å². The Morgan fingerprint density at radius 1 is 1.23 bits per heavy atom. The van der Waals surface area contributed by atoms with Crippen LogP contribution in [-0.2, 0) is 20.9 Å². The van der Waals surface area contributed by atoms with Crippen molar-refractivity contribution >= 4 is 17.8 Å². The minimum atomic E-state index is -0.985. The highest BCUT2D eigenvalue weighted by atomic mass is 16.4. The molecule has 1 aliphatic carbocycles. The van der Waals surface area contributed by atoms with Gasteiger partial charge in [-0.15, -0.1) is 0 Å². The number of nitrogens with zero attached hydrogens (tertiary/aromatic N) is 2. The van der Waals surface area contributed by atoms with E-state index in [1.54, 1.807) is 11.8 Å². The van der Waals surface area contributed by atoms with E-state index in [9.17, 15) is 19.5 Å². The maximum atomic E-state index is 12.9. The Balaban J connectivity index is 2.02. The van der Waals surface area contributed by atoms with Crippen LogP contribution in [0.2, 0.25) is 0 Å². The molecular weight excluding hydrogens is 334 g/mol. The number of rotatable bonds is 10. The van der Waals surface area contributed by atoms with E-state index in [4.69, 9.17) is 0 Å². The van der Waals surface area contributed by atoms with Gasteiger partial charge in [-0.2, -0.15) is 0 Å². The molecule has 142 valence electrons. The molecule has 0 aliphatic heterocycles.